The predicted molar refractivity (Wildman–Crippen MR) is 56.6 cm³/mol. The molecular formula is C11H12N2O2. The van der Waals surface area contributed by atoms with Gasteiger partial charge in [-0.2, -0.15) is 0 Å². The van der Waals surface area contributed by atoms with Gasteiger partial charge in [0.1, 0.15) is 0 Å². The van der Waals surface area contributed by atoms with Crippen LogP contribution >= 0.6 is 0 Å². The van der Waals surface area contributed by atoms with E-state index in [0.29, 0.717) is 18.8 Å². The van der Waals surface area contributed by atoms with Gasteiger partial charge in [0, 0.05) is 25.1 Å². The Balaban J connectivity index is 2.29. The summed E-state index contributed by atoms with van der Waals surface area (Å²) in [6.45, 7) is 4.21. The molecule has 0 aromatic carbocycles. The van der Waals surface area contributed by atoms with Crippen LogP contribution in [0.25, 0.3) is 0 Å². The average Bonchev–Trinajstić information content (AvgIpc) is 2.60. The number of hydrogen-bond acceptors (Lipinski definition) is 3. The van der Waals surface area contributed by atoms with Crippen LogP contribution in [0, 0.1) is 5.92 Å². The van der Waals surface area contributed by atoms with E-state index in [-0.39, 0.29) is 17.6 Å². The van der Waals surface area contributed by atoms with Crippen molar-refractivity contribution in [3.63, 3.8) is 0 Å². The minimum atomic E-state index is -0.0195. The Morgan fingerprint density at radius 3 is 3.07 bits per heavy atom. The number of amides is 1. The van der Waals surface area contributed by atoms with Crippen LogP contribution < -0.4 is 4.90 Å². The molecule has 1 aliphatic rings. The zero-order chi connectivity index (χ0) is 10.8. The van der Waals surface area contributed by atoms with Gasteiger partial charge in [0.05, 0.1) is 0 Å². The van der Waals surface area contributed by atoms with Crippen LogP contribution in [0.15, 0.2) is 31.0 Å². The third kappa shape index (κ3) is 1.70. The van der Waals surface area contributed by atoms with Crippen LogP contribution in [0.4, 0.5) is 5.82 Å². The zero-order valence-electron chi connectivity index (χ0n) is 8.26. The van der Waals surface area contributed by atoms with Gasteiger partial charge < -0.3 is 5.11 Å². The first-order valence-corrected chi connectivity index (χ1v) is 4.79. The average molecular weight is 204 g/mol. The van der Waals surface area contributed by atoms with Crippen LogP contribution in [0.5, 0.6) is 5.75 Å². The van der Waals surface area contributed by atoms with Crippen molar-refractivity contribution < 1.29 is 9.90 Å². The number of hydrogen-bond donors (Lipinski definition) is 1. The highest BCUT2D eigenvalue weighted by Gasteiger charge is 2.30. The summed E-state index contributed by atoms with van der Waals surface area (Å²) in [4.78, 5) is 17.1. The lowest BCUT2D eigenvalue weighted by Crippen LogP contribution is -2.25. The quantitative estimate of drug-likeness (QED) is 0.739. The van der Waals surface area contributed by atoms with Crippen molar-refractivity contribution in [1.82, 2.24) is 4.98 Å². The summed E-state index contributed by atoms with van der Waals surface area (Å²) in [5.74, 6) is 0.509. The Kier molecular flexibility index (Phi) is 2.41. The molecule has 15 heavy (non-hydrogen) atoms. The van der Waals surface area contributed by atoms with E-state index in [1.165, 1.54) is 11.0 Å². The van der Waals surface area contributed by atoms with Crippen LogP contribution in [0.2, 0.25) is 0 Å². The summed E-state index contributed by atoms with van der Waals surface area (Å²) in [5, 5.41) is 9.57. The number of anilines is 1. The van der Waals surface area contributed by atoms with E-state index in [9.17, 15) is 9.90 Å². The van der Waals surface area contributed by atoms with E-state index < -0.39 is 0 Å². The SMILES string of the molecule is C=CC1CC(=O)N(c2ncccc2O)C1. The van der Waals surface area contributed by atoms with Gasteiger partial charge in [0.25, 0.3) is 0 Å². The van der Waals surface area contributed by atoms with Gasteiger partial charge in [-0.25, -0.2) is 4.98 Å². The minimum Gasteiger partial charge on any atom is -0.504 e. The number of rotatable bonds is 2. The summed E-state index contributed by atoms with van der Waals surface area (Å²) in [6, 6.07) is 3.15. The molecular weight excluding hydrogens is 192 g/mol. The van der Waals surface area contributed by atoms with Crippen molar-refractivity contribution in [3.8, 4) is 5.75 Å². The van der Waals surface area contributed by atoms with Gasteiger partial charge in [-0.05, 0) is 12.1 Å². The Morgan fingerprint density at radius 2 is 2.47 bits per heavy atom. The number of nitrogens with zero attached hydrogens (tertiary/aromatic N) is 2. The lowest BCUT2D eigenvalue weighted by atomic mass is 10.1. The van der Waals surface area contributed by atoms with Gasteiger partial charge in [-0.1, -0.05) is 6.08 Å². The Hall–Kier alpha value is -1.84. The highest BCUT2D eigenvalue weighted by Crippen LogP contribution is 2.29. The number of pyridine rings is 1. The predicted octanol–water partition coefficient (Wildman–Crippen LogP) is 1.33. The van der Waals surface area contributed by atoms with E-state index in [2.05, 4.69) is 11.6 Å². The molecule has 0 aliphatic carbocycles. The third-order valence-corrected chi connectivity index (χ3v) is 2.51. The second kappa shape index (κ2) is 3.73. The van der Waals surface area contributed by atoms with Crippen molar-refractivity contribution in [2.24, 2.45) is 5.92 Å². The number of aromatic nitrogens is 1. The molecule has 1 atom stereocenters. The molecule has 0 radical (unpaired) electrons. The summed E-state index contributed by atoms with van der Waals surface area (Å²) in [5.41, 5.74) is 0. The first-order chi connectivity index (χ1) is 7.22. The molecule has 1 aliphatic heterocycles. The first-order valence-electron chi connectivity index (χ1n) is 4.79. The molecule has 78 valence electrons. The number of aromatic hydroxyl groups is 1. The first kappa shape index (κ1) is 9.71. The molecule has 0 saturated carbocycles. The Bertz CT molecular complexity index is 403. The van der Waals surface area contributed by atoms with Crippen LogP contribution in [0.3, 0.4) is 0 Å². The van der Waals surface area contributed by atoms with Crippen molar-refractivity contribution in [2.45, 2.75) is 6.42 Å². The van der Waals surface area contributed by atoms with E-state index in [1.807, 2.05) is 0 Å². The topological polar surface area (TPSA) is 53.4 Å². The van der Waals surface area contributed by atoms with Gasteiger partial charge >= 0.3 is 0 Å². The maximum absolute atomic E-state index is 11.6. The highest BCUT2D eigenvalue weighted by molar-refractivity contribution is 5.96. The molecule has 4 nitrogen and oxygen atoms in total. The summed E-state index contributed by atoms with van der Waals surface area (Å²) >= 11 is 0. The summed E-state index contributed by atoms with van der Waals surface area (Å²) in [6.07, 6.45) is 3.76. The van der Waals surface area contributed by atoms with Crippen molar-refractivity contribution >= 4 is 11.7 Å². The van der Waals surface area contributed by atoms with Crippen molar-refractivity contribution in [2.75, 3.05) is 11.4 Å². The van der Waals surface area contributed by atoms with Crippen LogP contribution in [-0.4, -0.2) is 22.5 Å². The molecule has 4 heteroatoms. The maximum Gasteiger partial charge on any atom is 0.228 e. The molecule has 0 spiro atoms. The number of carbonyl (C=O) groups excluding carboxylic acids is 1. The van der Waals surface area contributed by atoms with Crippen LogP contribution in [0.1, 0.15) is 6.42 Å². The van der Waals surface area contributed by atoms with Crippen LogP contribution in [-0.2, 0) is 4.79 Å². The summed E-state index contributed by atoms with van der Waals surface area (Å²) in [7, 11) is 0. The highest BCUT2D eigenvalue weighted by atomic mass is 16.3. The Labute approximate surface area is 87.9 Å². The summed E-state index contributed by atoms with van der Waals surface area (Å²) < 4.78 is 0. The van der Waals surface area contributed by atoms with Crippen molar-refractivity contribution in [3.05, 3.63) is 31.0 Å². The Morgan fingerprint density at radius 1 is 1.67 bits per heavy atom. The maximum atomic E-state index is 11.6. The number of carbonyl (C=O) groups is 1. The van der Waals surface area contributed by atoms with E-state index in [1.54, 1.807) is 18.3 Å². The molecule has 1 fully saturated rings. The molecule has 1 saturated heterocycles. The van der Waals surface area contributed by atoms with E-state index >= 15 is 0 Å². The zero-order valence-corrected chi connectivity index (χ0v) is 8.26. The molecule has 1 aromatic rings. The van der Waals surface area contributed by atoms with Gasteiger partial charge in [0.2, 0.25) is 5.91 Å². The fourth-order valence-electron chi connectivity index (χ4n) is 1.69. The molecule has 1 aromatic heterocycles. The van der Waals surface area contributed by atoms with Gasteiger partial charge in [-0.3, -0.25) is 9.69 Å². The second-order valence-electron chi connectivity index (χ2n) is 3.55. The third-order valence-electron chi connectivity index (χ3n) is 2.51. The van der Waals surface area contributed by atoms with E-state index in [0.717, 1.165) is 0 Å². The molecule has 2 heterocycles. The van der Waals surface area contributed by atoms with Gasteiger partial charge in [0.15, 0.2) is 11.6 Å². The van der Waals surface area contributed by atoms with Crippen molar-refractivity contribution in [1.29, 1.82) is 0 Å². The fraction of sp³-hybridized carbons (Fsp3) is 0.273. The molecule has 1 N–H and O–H groups in total. The molecule has 2 rings (SSSR count). The second-order valence-corrected chi connectivity index (χ2v) is 3.55. The standard InChI is InChI=1S/C11H12N2O2/c1-2-8-6-10(15)13(7-8)11-9(14)4-3-5-12-11/h2-5,8,14H,1,6-7H2. The van der Waals surface area contributed by atoms with E-state index in [4.69, 9.17) is 0 Å². The lowest BCUT2D eigenvalue weighted by molar-refractivity contribution is -0.117. The monoisotopic (exact) mass is 204 g/mol. The molecule has 1 amide bonds. The smallest absolute Gasteiger partial charge is 0.228 e. The van der Waals surface area contributed by atoms with Gasteiger partial charge in [-0.15, -0.1) is 6.58 Å². The minimum absolute atomic E-state index is 0.0195. The molecule has 0 bridgehead atoms. The molecule has 1 unspecified atom stereocenters. The fourth-order valence-corrected chi connectivity index (χ4v) is 1.69. The lowest BCUT2D eigenvalue weighted by Gasteiger charge is -2.15. The largest absolute Gasteiger partial charge is 0.504 e. The normalized spacial score (nSPS) is 20.7.